The van der Waals surface area contributed by atoms with Crippen LogP contribution in [0.2, 0.25) is 0 Å². The third-order valence-electron chi connectivity index (χ3n) is 5.41. The molecule has 1 aliphatic rings. The van der Waals surface area contributed by atoms with Gasteiger partial charge in [-0.15, -0.1) is 0 Å². The van der Waals surface area contributed by atoms with Gasteiger partial charge in [-0.2, -0.15) is 9.97 Å². The number of nitrogens with zero attached hydrogens (tertiary/aromatic N) is 2. The van der Waals surface area contributed by atoms with Crippen molar-refractivity contribution in [3.8, 4) is 5.75 Å². The van der Waals surface area contributed by atoms with Gasteiger partial charge >= 0.3 is 0 Å². The maximum atomic E-state index is 13.8. The molecule has 0 amide bonds. The van der Waals surface area contributed by atoms with Gasteiger partial charge in [0.15, 0.2) is 11.6 Å². The molecule has 1 saturated carbocycles. The first kappa shape index (κ1) is 20.9. The first-order chi connectivity index (χ1) is 15.1. The largest absolute Gasteiger partial charge is 0.494 e. The maximum Gasteiger partial charge on any atom is 0.226 e. The van der Waals surface area contributed by atoms with Gasteiger partial charge in [0.2, 0.25) is 5.95 Å². The first-order valence-electron chi connectivity index (χ1n) is 10.7. The minimum absolute atomic E-state index is 0.178. The lowest BCUT2D eigenvalue weighted by Crippen LogP contribution is -2.23. The summed E-state index contributed by atoms with van der Waals surface area (Å²) in [5.41, 5.74) is 2.82. The predicted octanol–water partition coefficient (Wildman–Crippen LogP) is 6.16. The second-order valence-electron chi connectivity index (χ2n) is 7.91. The first-order valence-corrected chi connectivity index (χ1v) is 10.7. The fraction of sp³-hybridized carbons (Fsp3) is 0.333. The minimum Gasteiger partial charge on any atom is -0.494 e. The number of hydrogen-bond donors (Lipinski definition) is 3. The molecule has 0 radical (unpaired) electrons. The van der Waals surface area contributed by atoms with E-state index in [0.717, 1.165) is 18.5 Å². The molecule has 1 fully saturated rings. The van der Waals surface area contributed by atoms with Gasteiger partial charge in [-0.05, 0) is 44.0 Å². The van der Waals surface area contributed by atoms with E-state index >= 15 is 0 Å². The van der Waals surface area contributed by atoms with Crippen LogP contribution in [-0.2, 0) is 0 Å². The Kier molecular flexibility index (Phi) is 6.50. The predicted molar refractivity (Wildman–Crippen MR) is 123 cm³/mol. The van der Waals surface area contributed by atoms with Crippen molar-refractivity contribution in [3.05, 3.63) is 59.9 Å². The van der Waals surface area contributed by atoms with Crippen molar-refractivity contribution < 1.29 is 9.13 Å². The molecule has 31 heavy (non-hydrogen) atoms. The number of aromatic nitrogens is 2. The van der Waals surface area contributed by atoms with Crippen LogP contribution in [0.5, 0.6) is 5.75 Å². The highest BCUT2D eigenvalue weighted by atomic mass is 19.1. The summed E-state index contributed by atoms with van der Waals surface area (Å²) in [5, 5.41) is 10.1. The van der Waals surface area contributed by atoms with Crippen LogP contribution in [-0.4, -0.2) is 23.1 Å². The molecule has 1 heterocycles. The Bertz CT molecular complexity index is 1020. The summed E-state index contributed by atoms with van der Waals surface area (Å²) in [6, 6.07) is 15.0. The molecule has 0 bridgehead atoms. The number of methoxy groups -OCH3 is 1. The van der Waals surface area contributed by atoms with Crippen molar-refractivity contribution in [2.45, 2.75) is 45.1 Å². The average molecular weight is 422 g/mol. The molecule has 0 saturated heterocycles. The molecule has 0 unspecified atom stereocenters. The van der Waals surface area contributed by atoms with E-state index in [2.05, 4.69) is 45.0 Å². The SMILES string of the molecule is COc1cc(Nc2cc(Nc3ccc(C)cc3)nc(NC3CCCCC3)n2)ccc1F. The summed E-state index contributed by atoms with van der Waals surface area (Å²) >= 11 is 0. The van der Waals surface area contributed by atoms with Crippen LogP contribution in [0.15, 0.2) is 48.5 Å². The molecule has 7 heteroatoms. The Morgan fingerprint density at radius 1 is 0.871 bits per heavy atom. The van der Waals surface area contributed by atoms with E-state index in [1.54, 1.807) is 12.1 Å². The van der Waals surface area contributed by atoms with E-state index in [1.807, 2.05) is 18.2 Å². The van der Waals surface area contributed by atoms with Gasteiger partial charge in [0.05, 0.1) is 7.11 Å². The van der Waals surface area contributed by atoms with Crippen LogP contribution in [0.3, 0.4) is 0 Å². The van der Waals surface area contributed by atoms with Crippen LogP contribution in [0, 0.1) is 12.7 Å². The molecule has 6 nitrogen and oxygen atoms in total. The van der Waals surface area contributed by atoms with Crippen LogP contribution in [0.25, 0.3) is 0 Å². The van der Waals surface area contributed by atoms with Crippen molar-refractivity contribution in [2.24, 2.45) is 0 Å². The molecular formula is C24H28FN5O. The van der Waals surface area contributed by atoms with Crippen LogP contribution >= 0.6 is 0 Å². The lowest BCUT2D eigenvalue weighted by Gasteiger charge is -2.23. The standard InChI is InChI=1S/C24H28FN5O/c1-16-8-10-18(11-9-16)26-22-15-23(27-19-12-13-20(25)21(14-19)31-2)30-24(29-22)28-17-6-4-3-5-7-17/h8-15,17H,3-7H2,1-2H3,(H3,26,27,28,29,30). The van der Waals surface area contributed by atoms with Gasteiger partial charge in [-0.25, -0.2) is 4.39 Å². The molecule has 4 rings (SSSR count). The van der Waals surface area contributed by atoms with Crippen LogP contribution in [0.4, 0.5) is 33.3 Å². The molecule has 3 N–H and O–H groups in total. The second-order valence-corrected chi connectivity index (χ2v) is 7.91. The Morgan fingerprint density at radius 2 is 1.52 bits per heavy atom. The normalized spacial score (nSPS) is 14.2. The minimum atomic E-state index is -0.405. The Morgan fingerprint density at radius 3 is 2.19 bits per heavy atom. The number of rotatable bonds is 7. The molecule has 3 aromatic rings. The Balaban J connectivity index is 1.60. The zero-order chi connectivity index (χ0) is 21.6. The van der Waals surface area contributed by atoms with Gasteiger partial charge < -0.3 is 20.7 Å². The molecule has 0 atom stereocenters. The van der Waals surface area contributed by atoms with Crippen molar-refractivity contribution in [1.82, 2.24) is 9.97 Å². The number of anilines is 5. The number of halogens is 1. The number of hydrogen-bond acceptors (Lipinski definition) is 6. The maximum absolute atomic E-state index is 13.8. The molecule has 1 aromatic heterocycles. The highest BCUT2D eigenvalue weighted by molar-refractivity contribution is 5.66. The highest BCUT2D eigenvalue weighted by Crippen LogP contribution is 2.27. The summed E-state index contributed by atoms with van der Waals surface area (Å²) in [7, 11) is 1.45. The second kappa shape index (κ2) is 9.64. The highest BCUT2D eigenvalue weighted by Gasteiger charge is 2.15. The molecule has 0 aliphatic heterocycles. The van der Waals surface area contributed by atoms with E-state index in [1.165, 1.54) is 38.0 Å². The monoisotopic (exact) mass is 421 g/mol. The van der Waals surface area contributed by atoms with E-state index in [4.69, 9.17) is 4.74 Å². The Labute approximate surface area is 182 Å². The van der Waals surface area contributed by atoms with E-state index in [9.17, 15) is 4.39 Å². The van der Waals surface area contributed by atoms with Gasteiger partial charge in [0.25, 0.3) is 0 Å². The molecule has 2 aromatic carbocycles. The number of aryl methyl sites for hydroxylation is 1. The van der Waals surface area contributed by atoms with E-state index in [-0.39, 0.29) is 5.75 Å². The number of ether oxygens (including phenoxy) is 1. The van der Waals surface area contributed by atoms with Crippen molar-refractivity contribution in [3.63, 3.8) is 0 Å². The summed E-state index contributed by atoms with van der Waals surface area (Å²) < 4.78 is 18.9. The van der Waals surface area contributed by atoms with E-state index < -0.39 is 5.82 Å². The van der Waals surface area contributed by atoms with Crippen molar-refractivity contribution >= 4 is 29.0 Å². The molecule has 162 valence electrons. The molecular weight excluding hydrogens is 393 g/mol. The van der Waals surface area contributed by atoms with Gasteiger partial charge in [0, 0.05) is 29.5 Å². The number of benzene rings is 2. The molecule has 1 aliphatic carbocycles. The van der Waals surface area contributed by atoms with Crippen molar-refractivity contribution in [1.29, 1.82) is 0 Å². The smallest absolute Gasteiger partial charge is 0.226 e. The quantitative estimate of drug-likeness (QED) is 0.424. The lowest BCUT2D eigenvalue weighted by molar-refractivity contribution is 0.387. The third kappa shape index (κ3) is 5.63. The topological polar surface area (TPSA) is 71.1 Å². The summed E-state index contributed by atoms with van der Waals surface area (Å²) in [5.74, 6) is 1.63. The summed E-state index contributed by atoms with van der Waals surface area (Å²) in [6.45, 7) is 2.06. The number of nitrogens with one attached hydrogen (secondary N) is 3. The Hall–Kier alpha value is -3.35. The average Bonchev–Trinajstić information content (AvgIpc) is 2.77. The summed E-state index contributed by atoms with van der Waals surface area (Å²) in [6.07, 6.45) is 5.97. The summed E-state index contributed by atoms with van der Waals surface area (Å²) in [4.78, 5) is 9.33. The fourth-order valence-electron chi connectivity index (χ4n) is 3.74. The van der Waals surface area contributed by atoms with Crippen molar-refractivity contribution in [2.75, 3.05) is 23.1 Å². The van der Waals surface area contributed by atoms with Crippen LogP contribution < -0.4 is 20.7 Å². The fourth-order valence-corrected chi connectivity index (χ4v) is 3.74. The molecule has 0 spiro atoms. The third-order valence-corrected chi connectivity index (χ3v) is 5.41. The zero-order valence-electron chi connectivity index (χ0n) is 17.9. The zero-order valence-corrected chi connectivity index (χ0v) is 17.9. The van der Waals surface area contributed by atoms with Gasteiger partial charge in [-0.1, -0.05) is 37.0 Å². The van der Waals surface area contributed by atoms with Gasteiger partial charge in [0.1, 0.15) is 11.6 Å². The van der Waals surface area contributed by atoms with Crippen LogP contribution in [0.1, 0.15) is 37.7 Å². The lowest BCUT2D eigenvalue weighted by atomic mass is 9.96. The van der Waals surface area contributed by atoms with E-state index in [0.29, 0.717) is 29.3 Å². The van der Waals surface area contributed by atoms with Gasteiger partial charge in [-0.3, -0.25) is 0 Å².